The molecule has 102 valence electrons. The third-order valence-corrected chi connectivity index (χ3v) is 5.62. The minimum absolute atomic E-state index is 0.489. The first-order valence-corrected chi connectivity index (χ1v) is 7.78. The summed E-state index contributed by atoms with van der Waals surface area (Å²) in [4.78, 5) is 2.76. The van der Waals surface area contributed by atoms with Crippen molar-refractivity contribution in [2.45, 2.75) is 31.2 Å². The van der Waals surface area contributed by atoms with E-state index in [4.69, 9.17) is 4.74 Å². The first kappa shape index (κ1) is 11.9. The van der Waals surface area contributed by atoms with E-state index in [1.54, 1.807) is 0 Å². The summed E-state index contributed by atoms with van der Waals surface area (Å²) < 4.78 is 5.55. The fourth-order valence-electron chi connectivity index (χ4n) is 4.79. The molecule has 2 aliphatic carbocycles. The second-order valence-corrected chi connectivity index (χ2v) is 6.40. The number of hydrogen-bond donors (Lipinski definition) is 0. The summed E-state index contributed by atoms with van der Waals surface area (Å²) in [5.41, 5.74) is 2.01. The van der Waals surface area contributed by atoms with E-state index >= 15 is 0 Å². The van der Waals surface area contributed by atoms with E-state index in [9.17, 15) is 0 Å². The van der Waals surface area contributed by atoms with E-state index in [2.05, 4.69) is 35.2 Å². The molecule has 2 unspecified atom stereocenters. The van der Waals surface area contributed by atoms with Crippen molar-refractivity contribution in [2.75, 3.05) is 26.3 Å². The Balaban J connectivity index is 1.59. The molecule has 2 atom stereocenters. The second kappa shape index (κ2) is 4.60. The van der Waals surface area contributed by atoms with E-state index in [1.807, 2.05) is 0 Å². The van der Waals surface area contributed by atoms with E-state index in [1.165, 1.54) is 31.2 Å². The molecule has 0 amide bonds. The van der Waals surface area contributed by atoms with Crippen LogP contribution in [0.1, 0.15) is 24.8 Å². The summed E-state index contributed by atoms with van der Waals surface area (Å²) in [5, 5.41) is 0. The van der Waals surface area contributed by atoms with Crippen molar-refractivity contribution in [1.82, 2.24) is 4.90 Å². The minimum atomic E-state index is 0.489. The van der Waals surface area contributed by atoms with E-state index in [-0.39, 0.29) is 0 Å². The lowest BCUT2D eigenvalue weighted by atomic mass is 9.94. The molecule has 2 heteroatoms. The van der Waals surface area contributed by atoms with Crippen molar-refractivity contribution in [3.8, 4) is 0 Å². The summed E-state index contributed by atoms with van der Waals surface area (Å²) >= 11 is 0. The van der Waals surface area contributed by atoms with Crippen molar-refractivity contribution in [1.29, 1.82) is 0 Å². The lowest BCUT2D eigenvalue weighted by Crippen LogP contribution is -2.49. The Labute approximate surface area is 115 Å². The third kappa shape index (κ3) is 1.85. The summed E-state index contributed by atoms with van der Waals surface area (Å²) in [6.45, 7) is 4.13. The van der Waals surface area contributed by atoms with Crippen LogP contribution in [0.3, 0.4) is 0 Å². The van der Waals surface area contributed by atoms with E-state index in [0.717, 1.165) is 38.1 Å². The largest absolute Gasteiger partial charge is 0.379 e. The zero-order valence-electron chi connectivity index (χ0n) is 11.6. The quantitative estimate of drug-likeness (QED) is 0.825. The van der Waals surface area contributed by atoms with Gasteiger partial charge in [-0.25, -0.2) is 0 Å². The van der Waals surface area contributed by atoms with Gasteiger partial charge in [-0.2, -0.15) is 0 Å². The van der Waals surface area contributed by atoms with Gasteiger partial charge in [-0.1, -0.05) is 36.8 Å². The number of benzene rings is 1. The Morgan fingerprint density at radius 1 is 1.05 bits per heavy atom. The SMILES string of the molecule is c1ccc(CC2(N3CCOCC3)C3CCCC32)cc1. The first-order valence-electron chi connectivity index (χ1n) is 7.78. The van der Waals surface area contributed by atoms with Crippen LogP contribution in [0, 0.1) is 11.8 Å². The molecule has 3 fully saturated rings. The molecule has 1 aromatic rings. The monoisotopic (exact) mass is 257 g/mol. The van der Waals surface area contributed by atoms with Gasteiger partial charge in [0.15, 0.2) is 0 Å². The Bertz CT molecular complexity index is 428. The fraction of sp³-hybridized carbons (Fsp3) is 0.647. The molecule has 2 nitrogen and oxygen atoms in total. The predicted octanol–water partition coefficient (Wildman–Crippen LogP) is 2.73. The van der Waals surface area contributed by atoms with E-state index in [0.29, 0.717) is 5.54 Å². The summed E-state index contributed by atoms with van der Waals surface area (Å²) in [5.74, 6) is 1.93. The van der Waals surface area contributed by atoms with Crippen LogP contribution in [0.5, 0.6) is 0 Å². The Morgan fingerprint density at radius 3 is 2.42 bits per heavy atom. The smallest absolute Gasteiger partial charge is 0.0594 e. The highest BCUT2D eigenvalue weighted by atomic mass is 16.5. The lowest BCUT2D eigenvalue weighted by molar-refractivity contribution is -0.000850. The summed E-state index contributed by atoms with van der Waals surface area (Å²) in [6.07, 6.45) is 5.61. The average Bonchev–Trinajstić information content (AvgIpc) is 2.86. The standard InChI is InChI=1S/C17H23NO/c1-2-5-14(6-3-1)13-17(15-7-4-8-16(15)17)18-9-11-19-12-10-18/h1-3,5-6,15-16H,4,7-13H2. The number of nitrogens with zero attached hydrogens (tertiary/aromatic N) is 1. The van der Waals surface area contributed by atoms with Gasteiger partial charge in [0.25, 0.3) is 0 Å². The number of hydrogen-bond acceptors (Lipinski definition) is 2. The normalized spacial score (nSPS) is 38.1. The van der Waals surface area contributed by atoms with Gasteiger partial charge in [-0.15, -0.1) is 0 Å². The van der Waals surface area contributed by atoms with Crippen LogP contribution in [-0.4, -0.2) is 36.7 Å². The highest BCUT2D eigenvalue weighted by Gasteiger charge is 2.68. The molecule has 0 N–H and O–H groups in total. The molecule has 4 rings (SSSR count). The zero-order chi connectivity index (χ0) is 12.7. The second-order valence-electron chi connectivity index (χ2n) is 6.40. The maximum Gasteiger partial charge on any atom is 0.0594 e. The first-order chi connectivity index (χ1) is 9.41. The maximum atomic E-state index is 5.55. The van der Waals surface area contributed by atoms with Gasteiger partial charge >= 0.3 is 0 Å². The Kier molecular flexibility index (Phi) is 2.89. The average molecular weight is 257 g/mol. The molecule has 1 aromatic carbocycles. The van der Waals surface area contributed by atoms with Gasteiger partial charge in [-0.05, 0) is 36.7 Å². The molecule has 3 aliphatic rings. The van der Waals surface area contributed by atoms with Crippen LogP contribution < -0.4 is 0 Å². The van der Waals surface area contributed by atoms with Gasteiger partial charge in [0.05, 0.1) is 13.2 Å². The molecule has 19 heavy (non-hydrogen) atoms. The Hall–Kier alpha value is -0.860. The topological polar surface area (TPSA) is 12.5 Å². The highest BCUT2D eigenvalue weighted by Crippen LogP contribution is 2.65. The number of morpholine rings is 1. The predicted molar refractivity (Wildman–Crippen MR) is 76.1 cm³/mol. The number of fused-ring (bicyclic) bond motifs is 1. The van der Waals surface area contributed by atoms with Crippen LogP contribution in [0.4, 0.5) is 0 Å². The fourth-order valence-corrected chi connectivity index (χ4v) is 4.79. The van der Waals surface area contributed by atoms with E-state index < -0.39 is 0 Å². The van der Waals surface area contributed by atoms with Gasteiger partial charge in [0.2, 0.25) is 0 Å². The molecule has 0 spiro atoms. The van der Waals surface area contributed by atoms with Crippen LogP contribution >= 0.6 is 0 Å². The minimum Gasteiger partial charge on any atom is -0.379 e. The van der Waals surface area contributed by atoms with Gasteiger partial charge in [0, 0.05) is 18.6 Å². The van der Waals surface area contributed by atoms with Gasteiger partial charge < -0.3 is 4.74 Å². The molecule has 0 radical (unpaired) electrons. The zero-order valence-corrected chi connectivity index (χ0v) is 11.6. The number of ether oxygens (including phenoxy) is 1. The molecular weight excluding hydrogens is 234 g/mol. The van der Waals surface area contributed by atoms with Crippen LogP contribution in [0.25, 0.3) is 0 Å². The van der Waals surface area contributed by atoms with Gasteiger partial charge in [-0.3, -0.25) is 4.90 Å². The molecule has 0 aromatic heterocycles. The van der Waals surface area contributed by atoms with Crippen molar-refractivity contribution < 1.29 is 4.74 Å². The van der Waals surface area contributed by atoms with Crippen LogP contribution in [0.2, 0.25) is 0 Å². The maximum absolute atomic E-state index is 5.55. The molecule has 2 saturated carbocycles. The van der Waals surface area contributed by atoms with Crippen LogP contribution in [0.15, 0.2) is 30.3 Å². The molecule has 1 aliphatic heterocycles. The molecule has 0 bridgehead atoms. The van der Waals surface area contributed by atoms with Crippen molar-refractivity contribution in [3.63, 3.8) is 0 Å². The van der Waals surface area contributed by atoms with Crippen molar-refractivity contribution in [3.05, 3.63) is 35.9 Å². The van der Waals surface area contributed by atoms with Crippen molar-refractivity contribution in [2.24, 2.45) is 11.8 Å². The number of rotatable bonds is 3. The highest BCUT2D eigenvalue weighted by molar-refractivity contribution is 5.28. The Morgan fingerprint density at radius 2 is 1.74 bits per heavy atom. The molecule has 1 saturated heterocycles. The molecular formula is C17H23NO. The van der Waals surface area contributed by atoms with Crippen LogP contribution in [-0.2, 0) is 11.2 Å². The third-order valence-electron chi connectivity index (χ3n) is 5.62. The summed E-state index contributed by atoms with van der Waals surface area (Å²) in [6, 6.07) is 11.1. The van der Waals surface area contributed by atoms with Gasteiger partial charge in [0.1, 0.15) is 0 Å². The lowest BCUT2D eigenvalue weighted by Gasteiger charge is -2.38. The van der Waals surface area contributed by atoms with Crippen molar-refractivity contribution >= 4 is 0 Å². The molecule has 1 heterocycles. The summed E-state index contributed by atoms with van der Waals surface area (Å²) in [7, 11) is 0.